The van der Waals surface area contributed by atoms with Crippen molar-refractivity contribution < 1.29 is 9.53 Å². The van der Waals surface area contributed by atoms with Gasteiger partial charge in [-0.2, -0.15) is 0 Å². The fourth-order valence-electron chi connectivity index (χ4n) is 1.42. The van der Waals surface area contributed by atoms with Gasteiger partial charge >= 0.3 is 0 Å². The van der Waals surface area contributed by atoms with Gasteiger partial charge in [-0.05, 0) is 30.9 Å². The van der Waals surface area contributed by atoms with Crippen LogP contribution in [0.25, 0.3) is 0 Å². The third kappa shape index (κ3) is 2.26. The molecule has 0 spiro atoms. The van der Waals surface area contributed by atoms with E-state index in [2.05, 4.69) is 4.98 Å². The Hall–Kier alpha value is -1.58. The van der Waals surface area contributed by atoms with Crippen LogP contribution in [-0.2, 0) is 6.42 Å². The molecule has 15 heavy (non-hydrogen) atoms. The number of hydrogen-bond acceptors (Lipinski definition) is 3. The van der Waals surface area contributed by atoms with Gasteiger partial charge in [0.2, 0.25) is 0 Å². The lowest BCUT2D eigenvalue weighted by Crippen LogP contribution is -2.16. The van der Waals surface area contributed by atoms with Crippen molar-refractivity contribution >= 4 is 5.91 Å². The van der Waals surface area contributed by atoms with Crippen LogP contribution in [0.3, 0.4) is 0 Å². The number of ether oxygens (including phenoxy) is 1. The fourth-order valence-corrected chi connectivity index (χ4v) is 1.42. The van der Waals surface area contributed by atoms with Gasteiger partial charge in [0.1, 0.15) is 11.4 Å². The Bertz CT molecular complexity index is 386. The molecule has 1 aliphatic rings. The first-order chi connectivity index (χ1) is 7.20. The highest BCUT2D eigenvalue weighted by atomic mass is 16.5. The minimum Gasteiger partial charge on any atom is -0.489 e. The molecule has 1 aromatic heterocycles. The fraction of sp³-hybridized carbons (Fsp3) is 0.455. The molecule has 0 unspecified atom stereocenters. The van der Waals surface area contributed by atoms with Crippen molar-refractivity contribution in [2.45, 2.75) is 32.3 Å². The molecule has 1 heterocycles. The molecule has 0 aliphatic heterocycles. The van der Waals surface area contributed by atoms with E-state index >= 15 is 0 Å². The Morgan fingerprint density at radius 3 is 2.93 bits per heavy atom. The molecule has 2 N–H and O–H groups in total. The summed E-state index contributed by atoms with van der Waals surface area (Å²) in [6.45, 7) is 1.96. The number of carbonyl (C=O) groups excluding carboxylic acids is 1. The normalized spacial score (nSPS) is 15.0. The molecule has 0 bridgehead atoms. The molecule has 4 heteroatoms. The second-order valence-electron chi connectivity index (χ2n) is 3.71. The van der Waals surface area contributed by atoms with Crippen LogP contribution >= 0.6 is 0 Å². The van der Waals surface area contributed by atoms with Gasteiger partial charge < -0.3 is 10.5 Å². The van der Waals surface area contributed by atoms with E-state index < -0.39 is 5.91 Å². The minimum atomic E-state index is -0.482. The zero-order chi connectivity index (χ0) is 10.8. The van der Waals surface area contributed by atoms with Gasteiger partial charge in [0, 0.05) is 0 Å². The van der Waals surface area contributed by atoms with Crippen LogP contribution in [0.15, 0.2) is 12.3 Å². The van der Waals surface area contributed by atoms with Gasteiger partial charge in [-0.3, -0.25) is 4.79 Å². The summed E-state index contributed by atoms with van der Waals surface area (Å²) in [6, 6.07) is 1.85. The molecule has 80 valence electrons. The van der Waals surface area contributed by atoms with E-state index in [4.69, 9.17) is 10.5 Å². The number of carbonyl (C=O) groups is 1. The molecule has 0 saturated heterocycles. The molecule has 0 atom stereocenters. The maximum absolute atomic E-state index is 11.0. The molecule has 4 nitrogen and oxygen atoms in total. The summed E-state index contributed by atoms with van der Waals surface area (Å²) < 4.78 is 5.59. The Balaban J connectivity index is 2.24. The monoisotopic (exact) mass is 206 g/mol. The molecule has 2 rings (SSSR count). The van der Waals surface area contributed by atoms with E-state index in [-0.39, 0.29) is 0 Å². The van der Waals surface area contributed by atoms with Crippen LogP contribution in [0, 0.1) is 0 Å². The first-order valence-electron chi connectivity index (χ1n) is 5.16. The predicted octanol–water partition coefficient (Wildman–Crippen LogP) is 1.28. The molecule has 1 aromatic rings. The average molecular weight is 206 g/mol. The third-order valence-electron chi connectivity index (χ3n) is 2.38. The summed E-state index contributed by atoms with van der Waals surface area (Å²) >= 11 is 0. The second-order valence-corrected chi connectivity index (χ2v) is 3.71. The summed E-state index contributed by atoms with van der Waals surface area (Å²) in [7, 11) is 0. The molecule has 1 aliphatic carbocycles. The Morgan fingerprint density at radius 2 is 2.40 bits per heavy atom. The second kappa shape index (κ2) is 3.88. The van der Waals surface area contributed by atoms with E-state index in [1.165, 1.54) is 0 Å². The van der Waals surface area contributed by atoms with E-state index in [9.17, 15) is 4.79 Å². The number of aromatic nitrogens is 1. The van der Waals surface area contributed by atoms with E-state index in [1.807, 2.05) is 13.0 Å². The molecule has 1 amide bonds. The van der Waals surface area contributed by atoms with Crippen molar-refractivity contribution in [2.75, 3.05) is 0 Å². The van der Waals surface area contributed by atoms with Gasteiger partial charge in [-0.15, -0.1) is 0 Å². The highest BCUT2D eigenvalue weighted by molar-refractivity contribution is 5.92. The summed E-state index contributed by atoms with van der Waals surface area (Å²) in [5.74, 6) is 0.254. The number of pyridine rings is 1. The molecule has 0 radical (unpaired) electrons. The van der Waals surface area contributed by atoms with Crippen molar-refractivity contribution in [3.63, 3.8) is 0 Å². The van der Waals surface area contributed by atoms with Gasteiger partial charge in [-0.25, -0.2) is 4.98 Å². The van der Waals surface area contributed by atoms with E-state index in [0.29, 0.717) is 11.8 Å². The highest BCUT2D eigenvalue weighted by Gasteiger charge is 2.24. The van der Waals surface area contributed by atoms with Crippen molar-refractivity contribution in [1.29, 1.82) is 0 Å². The van der Waals surface area contributed by atoms with Gasteiger partial charge in [-0.1, -0.05) is 6.92 Å². The van der Waals surface area contributed by atoms with Crippen molar-refractivity contribution in [2.24, 2.45) is 5.73 Å². The minimum absolute atomic E-state index is 0.343. The Kier molecular flexibility index (Phi) is 2.58. The first kappa shape index (κ1) is 9.96. The Labute approximate surface area is 88.4 Å². The Morgan fingerprint density at radius 1 is 1.67 bits per heavy atom. The maximum atomic E-state index is 11.0. The summed E-state index contributed by atoms with van der Waals surface area (Å²) in [5, 5.41) is 0. The van der Waals surface area contributed by atoms with Crippen LogP contribution in [0.2, 0.25) is 0 Å². The lowest BCUT2D eigenvalue weighted by Gasteiger charge is -2.07. The lowest BCUT2D eigenvalue weighted by atomic mass is 10.1. The van der Waals surface area contributed by atoms with Crippen molar-refractivity contribution in [1.82, 2.24) is 4.98 Å². The topological polar surface area (TPSA) is 65.2 Å². The maximum Gasteiger partial charge on any atom is 0.267 e. The lowest BCUT2D eigenvalue weighted by molar-refractivity contribution is 0.0994. The number of nitrogens with two attached hydrogens (primary N) is 1. The number of amides is 1. The molecule has 1 fully saturated rings. The molecular formula is C11H14N2O2. The molecule has 0 aromatic carbocycles. The van der Waals surface area contributed by atoms with Gasteiger partial charge in [0.15, 0.2) is 0 Å². The first-order valence-corrected chi connectivity index (χ1v) is 5.16. The summed E-state index contributed by atoms with van der Waals surface area (Å²) in [4.78, 5) is 15.1. The quantitative estimate of drug-likeness (QED) is 0.807. The zero-order valence-corrected chi connectivity index (χ0v) is 8.69. The summed E-state index contributed by atoms with van der Waals surface area (Å²) in [5.41, 5.74) is 6.41. The van der Waals surface area contributed by atoms with E-state index in [1.54, 1.807) is 6.20 Å². The number of rotatable bonds is 4. The van der Waals surface area contributed by atoms with E-state index in [0.717, 1.165) is 30.6 Å². The SMILES string of the molecule is CCc1cc(OC2CC2)cnc1C(N)=O. The average Bonchev–Trinajstić information content (AvgIpc) is 3.01. The van der Waals surface area contributed by atoms with Crippen LogP contribution < -0.4 is 10.5 Å². The number of hydrogen-bond donors (Lipinski definition) is 1. The largest absolute Gasteiger partial charge is 0.489 e. The molecule has 1 saturated carbocycles. The van der Waals surface area contributed by atoms with Crippen molar-refractivity contribution in [3.8, 4) is 5.75 Å². The third-order valence-corrected chi connectivity index (χ3v) is 2.38. The number of aryl methyl sites for hydroxylation is 1. The van der Waals surface area contributed by atoms with Crippen LogP contribution in [-0.4, -0.2) is 17.0 Å². The van der Waals surface area contributed by atoms with Crippen LogP contribution in [0.1, 0.15) is 35.8 Å². The van der Waals surface area contributed by atoms with Crippen LogP contribution in [0.5, 0.6) is 5.75 Å². The smallest absolute Gasteiger partial charge is 0.267 e. The predicted molar refractivity (Wildman–Crippen MR) is 55.8 cm³/mol. The number of primary amides is 1. The number of nitrogens with zero attached hydrogens (tertiary/aromatic N) is 1. The van der Waals surface area contributed by atoms with Gasteiger partial charge in [0.25, 0.3) is 5.91 Å². The standard InChI is InChI=1S/C11H14N2O2/c1-2-7-5-9(15-8-3-4-8)6-13-10(7)11(12)14/h5-6,8H,2-4H2,1H3,(H2,12,14). The van der Waals surface area contributed by atoms with Gasteiger partial charge in [0.05, 0.1) is 12.3 Å². The van der Waals surface area contributed by atoms with Crippen LogP contribution in [0.4, 0.5) is 0 Å². The summed E-state index contributed by atoms with van der Waals surface area (Å²) in [6.07, 6.45) is 4.86. The zero-order valence-electron chi connectivity index (χ0n) is 8.69. The highest BCUT2D eigenvalue weighted by Crippen LogP contribution is 2.27. The molecular weight excluding hydrogens is 192 g/mol. The van der Waals surface area contributed by atoms with Crippen molar-refractivity contribution in [3.05, 3.63) is 23.5 Å².